The molecule has 7 heteroatoms. The average Bonchev–Trinajstić information content (AvgIpc) is 3.15. The summed E-state index contributed by atoms with van der Waals surface area (Å²) in [6, 6.07) is 9.31. The van der Waals surface area contributed by atoms with Gasteiger partial charge >= 0.3 is 0 Å². The van der Waals surface area contributed by atoms with Crippen LogP contribution in [0.15, 0.2) is 35.7 Å². The van der Waals surface area contributed by atoms with E-state index in [0.717, 1.165) is 27.5 Å². The molecule has 25 heavy (non-hydrogen) atoms. The number of carbonyl (C=O) groups excluding carboxylic acids is 1. The Bertz CT molecular complexity index is 883. The maximum absolute atomic E-state index is 12.3. The lowest BCUT2D eigenvalue weighted by molar-refractivity contribution is -0.115. The number of amides is 1. The highest BCUT2D eigenvalue weighted by atomic mass is 35.5. The van der Waals surface area contributed by atoms with E-state index in [-0.39, 0.29) is 5.91 Å². The molecule has 0 bridgehead atoms. The van der Waals surface area contributed by atoms with Crippen LogP contribution < -0.4 is 5.32 Å². The lowest BCUT2D eigenvalue weighted by Crippen LogP contribution is -2.15. The van der Waals surface area contributed by atoms with E-state index in [1.807, 2.05) is 42.1 Å². The summed E-state index contributed by atoms with van der Waals surface area (Å²) in [6.07, 6.45) is 0.359. The molecule has 0 aliphatic carbocycles. The van der Waals surface area contributed by atoms with Crippen molar-refractivity contribution in [3.63, 3.8) is 0 Å². The van der Waals surface area contributed by atoms with Crippen LogP contribution in [0.25, 0.3) is 0 Å². The van der Waals surface area contributed by atoms with E-state index < -0.39 is 0 Å². The Hall–Kier alpha value is -1.82. The van der Waals surface area contributed by atoms with Crippen molar-refractivity contribution in [2.24, 2.45) is 0 Å². The van der Waals surface area contributed by atoms with Crippen LogP contribution in [0.2, 0.25) is 10.0 Å². The van der Waals surface area contributed by atoms with Gasteiger partial charge in [0.1, 0.15) is 0 Å². The first-order valence-electron chi connectivity index (χ1n) is 7.75. The first-order chi connectivity index (χ1) is 12.0. The first-order valence-corrected chi connectivity index (χ1v) is 9.38. The molecular formula is C18H17Cl2N3OS. The Balaban J connectivity index is 1.80. The third-order valence-corrected chi connectivity index (χ3v) is 5.51. The number of halogens is 2. The summed E-state index contributed by atoms with van der Waals surface area (Å²) >= 11 is 14.1. The van der Waals surface area contributed by atoms with E-state index in [9.17, 15) is 4.79 Å². The van der Waals surface area contributed by atoms with Gasteiger partial charge < -0.3 is 5.32 Å². The van der Waals surface area contributed by atoms with Crippen molar-refractivity contribution >= 4 is 46.1 Å². The SMILES string of the molecule is Cc1nn(Cc2c(Cl)cccc2Cl)c(C)c1NC(=O)Cc1cccs1. The number of aromatic nitrogens is 2. The molecule has 0 unspecified atom stereocenters. The van der Waals surface area contributed by atoms with Crippen molar-refractivity contribution in [2.75, 3.05) is 5.32 Å². The fourth-order valence-corrected chi connectivity index (χ4v) is 3.84. The Morgan fingerprint density at radius 2 is 1.92 bits per heavy atom. The molecule has 0 saturated carbocycles. The summed E-state index contributed by atoms with van der Waals surface area (Å²) in [5.41, 5.74) is 3.19. The summed E-state index contributed by atoms with van der Waals surface area (Å²) in [7, 11) is 0. The summed E-state index contributed by atoms with van der Waals surface area (Å²) in [6.45, 7) is 4.25. The van der Waals surface area contributed by atoms with Crippen LogP contribution in [0, 0.1) is 13.8 Å². The highest BCUT2D eigenvalue weighted by Crippen LogP contribution is 2.27. The van der Waals surface area contributed by atoms with Crippen molar-refractivity contribution in [1.82, 2.24) is 9.78 Å². The van der Waals surface area contributed by atoms with Crippen LogP contribution in [0.1, 0.15) is 21.8 Å². The van der Waals surface area contributed by atoms with Gasteiger partial charge in [0, 0.05) is 20.5 Å². The Morgan fingerprint density at radius 3 is 2.56 bits per heavy atom. The van der Waals surface area contributed by atoms with Gasteiger partial charge in [-0.25, -0.2) is 0 Å². The number of aryl methyl sites for hydroxylation is 1. The summed E-state index contributed by atoms with van der Waals surface area (Å²) < 4.78 is 1.81. The van der Waals surface area contributed by atoms with Crippen LogP contribution >= 0.6 is 34.5 Å². The van der Waals surface area contributed by atoms with Crippen molar-refractivity contribution in [3.8, 4) is 0 Å². The van der Waals surface area contributed by atoms with Gasteiger partial charge in [0.25, 0.3) is 0 Å². The highest BCUT2D eigenvalue weighted by Gasteiger charge is 2.16. The number of carbonyl (C=O) groups is 1. The van der Waals surface area contributed by atoms with Gasteiger partial charge in [-0.3, -0.25) is 9.48 Å². The number of nitrogens with zero attached hydrogens (tertiary/aromatic N) is 2. The lowest BCUT2D eigenvalue weighted by atomic mass is 10.2. The van der Waals surface area contributed by atoms with Gasteiger partial charge in [0.15, 0.2) is 0 Å². The first kappa shape index (κ1) is 18.0. The smallest absolute Gasteiger partial charge is 0.229 e. The Morgan fingerprint density at radius 1 is 1.20 bits per heavy atom. The standard InChI is InChI=1S/C18H17Cl2N3OS/c1-11-18(21-17(24)9-13-5-4-8-25-13)12(2)23(22-11)10-14-15(19)6-3-7-16(14)20/h3-8H,9-10H2,1-2H3,(H,21,24). The predicted octanol–water partition coefficient (Wildman–Crippen LogP) is 5.10. The van der Waals surface area contributed by atoms with Gasteiger partial charge in [-0.2, -0.15) is 5.10 Å². The normalized spacial score (nSPS) is 10.9. The Kier molecular flexibility index (Phi) is 5.47. The van der Waals surface area contributed by atoms with Crippen LogP contribution in [0.4, 0.5) is 5.69 Å². The minimum Gasteiger partial charge on any atom is -0.323 e. The fourth-order valence-electron chi connectivity index (χ4n) is 2.62. The monoisotopic (exact) mass is 393 g/mol. The summed E-state index contributed by atoms with van der Waals surface area (Å²) in [4.78, 5) is 13.3. The van der Waals surface area contributed by atoms with Gasteiger partial charge in [-0.15, -0.1) is 11.3 Å². The molecule has 1 aromatic carbocycles. The maximum Gasteiger partial charge on any atom is 0.229 e. The Labute approximate surface area is 160 Å². The number of rotatable bonds is 5. The van der Waals surface area contributed by atoms with Crippen LogP contribution in [0.3, 0.4) is 0 Å². The second kappa shape index (κ2) is 7.60. The molecule has 0 spiro atoms. The van der Waals surface area contributed by atoms with E-state index in [4.69, 9.17) is 23.2 Å². The second-order valence-electron chi connectivity index (χ2n) is 5.71. The molecule has 2 heterocycles. The minimum absolute atomic E-state index is 0.0519. The molecule has 0 radical (unpaired) electrons. The quantitative estimate of drug-likeness (QED) is 0.655. The molecule has 0 aliphatic heterocycles. The average molecular weight is 394 g/mol. The predicted molar refractivity (Wildman–Crippen MR) is 104 cm³/mol. The molecule has 4 nitrogen and oxygen atoms in total. The summed E-state index contributed by atoms with van der Waals surface area (Å²) in [5, 5.41) is 10.7. The largest absolute Gasteiger partial charge is 0.323 e. The molecule has 2 aromatic heterocycles. The zero-order chi connectivity index (χ0) is 18.0. The number of anilines is 1. The van der Waals surface area contributed by atoms with E-state index in [1.165, 1.54) is 0 Å². The number of nitrogens with one attached hydrogen (secondary N) is 1. The van der Waals surface area contributed by atoms with Crippen molar-refractivity contribution in [3.05, 3.63) is 67.6 Å². The van der Waals surface area contributed by atoms with Crippen molar-refractivity contribution in [2.45, 2.75) is 26.8 Å². The molecule has 130 valence electrons. The van der Waals surface area contributed by atoms with Crippen LogP contribution in [0.5, 0.6) is 0 Å². The van der Waals surface area contributed by atoms with E-state index in [0.29, 0.717) is 23.0 Å². The third-order valence-electron chi connectivity index (χ3n) is 3.93. The van der Waals surface area contributed by atoms with Crippen molar-refractivity contribution in [1.29, 1.82) is 0 Å². The number of thiophene rings is 1. The topological polar surface area (TPSA) is 46.9 Å². The molecule has 0 fully saturated rings. The second-order valence-corrected chi connectivity index (χ2v) is 7.55. The zero-order valence-corrected chi connectivity index (χ0v) is 16.2. The van der Waals surface area contributed by atoms with E-state index >= 15 is 0 Å². The molecule has 1 N–H and O–H groups in total. The number of hydrogen-bond acceptors (Lipinski definition) is 3. The van der Waals surface area contributed by atoms with Gasteiger partial charge in [0.05, 0.1) is 30.0 Å². The van der Waals surface area contributed by atoms with Gasteiger partial charge in [-0.1, -0.05) is 35.3 Å². The molecule has 0 aliphatic rings. The van der Waals surface area contributed by atoms with Crippen molar-refractivity contribution < 1.29 is 4.79 Å². The molecule has 3 aromatic rings. The number of hydrogen-bond donors (Lipinski definition) is 1. The molecule has 1 amide bonds. The maximum atomic E-state index is 12.3. The van der Waals surface area contributed by atoms with Crippen LogP contribution in [-0.2, 0) is 17.8 Å². The molecule has 3 rings (SSSR count). The fraction of sp³-hybridized carbons (Fsp3) is 0.222. The van der Waals surface area contributed by atoms with Gasteiger partial charge in [0.2, 0.25) is 5.91 Å². The highest BCUT2D eigenvalue weighted by molar-refractivity contribution is 7.10. The lowest BCUT2D eigenvalue weighted by Gasteiger charge is -2.09. The van der Waals surface area contributed by atoms with E-state index in [2.05, 4.69) is 10.4 Å². The molecular weight excluding hydrogens is 377 g/mol. The molecule has 0 saturated heterocycles. The molecule has 0 atom stereocenters. The minimum atomic E-state index is -0.0519. The zero-order valence-electron chi connectivity index (χ0n) is 13.8. The van der Waals surface area contributed by atoms with Crippen LogP contribution in [-0.4, -0.2) is 15.7 Å². The van der Waals surface area contributed by atoms with Gasteiger partial charge in [-0.05, 0) is 37.4 Å². The third kappa shape index (κ3) is 4.06. The number of benzene rings is 1. The summed E-state index contributed by atoms with van der Waals surface area (Å²) in [5.74, 6) is -0.0519. The van der Waals surface area contributed by atoms with E-state index in [1.54, 1.807) is 23.5 Å².